The van der Waals surface area contributed by atoms with E-state index in [0.717, 1.165) is 35.3 Å². The molecular weight excluding hydrogens is 595 g/mol. The van der Waals surface area contributed by atoms with Crippen LogP contribution in [0.4, 0.5) is 5.00 Å². The summed E-state index contributed by atoms with van der Waals surface area (Å²) >= 11 is 2.80. The van der Waals surface area contributed by atoms with Gasteiger partial charge >= 0.3 is 5.97 Å². The van der Waals surface area contributed by atoms with Gasteiger partial charge in [-0.1, -0.05) is 49.4 Å². The second-order valence-electron chi connectivity index (χ2n) is 10.4. The number of nitrogens with zero attached hydrogens (tertiary/aromatic N) is 2. The van der Waals surface area contributed by atoms with Crippen molar-refractivity contribution in [3.05, 3.63) is 76.2 Å². The minimum atomic E-state index is -0.428. The van der Waals surface area contributed by atoms with Crippen LogP contribution in [0.15, 0.2) is 59.6 Å². The topological polar surface area (TPSA) is 111 Å². The summed E-state index contributed by atoms with van der Waals surface area (Å²) in [5.41, 5.74) is 4.80. The lowest BCUT2D eigenvalue weighted by Gasteiger charge is -2.18. The fourth-order valence-electron chi connectivity index (χ4n) is 5.39. The third kappa shape index (κ3) is 6.44. The van der Waals surface area contributed by atoms with Crippen LogP contribution in [0.25, 0.3) is 22.4 Å². The highest BCUT2D eigenvalue weighted by Crippen LogP contribution is 2.43. The van der Waals surface area contributed by atoms with Crippen LogP contribution < -0.4 is 14.8 Å². The van der Waals surface area contributed by atoms with E-state index in [1.54, 1.807) is 20.3 Å². The maximum Gasteiger partial charge on any atom is 0.341 e. The lowest BCUT2D eigenvalue weighted by Crippen LogP contribution is -2.16. The number of esters is 1. The lowest BCUT2D eigenvalue weighted by atomic mass is 9.88. The summed E-state index contributed by atoms with van der Waals surface area (Å²) in [5, 5.41) is 14.3. The van der Waals surface area contributed by atoms with Crippen molar-refractivity contribution in [2.24, 2.45) is 5.92 Å². The maximum atomic E-state index is 13.1. The molecule has 0 aliphatic heterocycles. The molecule has 10 heteroatoms. The van der Waals surface area contributed by atoms with Crippen molar-refractivity contribution in [3.8, 4) is 40.0 Å². The molecule has 1 unspecified atom stereocenters. The Kier molecular flexibility index (Phi) is 9.88. The van der Waals surface area contributed by atoms with Gasteiger partial charge in [0.2, 0.25) is 5.91 Å². The maximum absolute atomic E-state index is 13.1. The van der Waals surface area contributed by atoms with Crippen LogP contribution in [0.1, 0.15) is 46.1 Å². The molecule has 226 valence electrons. The minimum Gasteiger partial charge on any atom is -0.493 e. The third-order valence-electron chi connectivity index (χ3n) is 7.58. The molecule has 1 aliphatic rings. The van der Waals surface area contributed by atoms with Gasteiger partial charge in [-0.25, -0.2) is 9.78 Å². The number of rotatable bonds is 10. The Balaban J connectivity index is 1.43. The number of carbonyl (C=O) groups excluding carboxylic acids is 2. The van der Waals surface area contributed by atoms with Gasteiger partial charge in [0.25, 0.3) is 0 Å². The zero-order chi connectivity index (χ0) is 31.2. The summed E-state index contributed by atoms with van der Waals surface area (Å²) < 4.78 is 16.3. The van der Waals surface area contributed by atoms with Crippen LogP contribution >= 0.6 is 23.1 Å². The summed E-state index contributed by atoms with van der Waals surface area (Å²) in [6.45, 7) is 2.20. The van der Waals surface area contributed by atoms with Gasteiger partial charge in [-0.3, -0.25) is 4.79 Å². The van der Waals surface area contributed by atoms with Gasteiger partial charge in [0.15, 0.2) is 11.5 Å². The highest BCUT2D eigenvalue weighted by Gasteiger charge is 2.29. The van der Waals surface area contributed by atoms with E-state index in [0.29, 0.717) is 61.1 Å². The van der Waals surface area contributed by atoms with Crippen LogP contribution in [0, 0.1) is 17.2 Å². The lowest BCUT2D eigenvalue weighted by molar-refractivity contribution is -0.115. The van der Waals surface area contributed by atoms with Gasteiger partial charge in [0.1, 0.15) is 16.1 Å². The number of amides is 1. The molecule has 2 aromatic heterocycles. The molecule has 2 aromatic carbocycles. The zero-order valence-corrected chi connectivity index (χ0v) is 26.7. The summed E-state index contributed by atoms with van der Waals surface area (Å²) in [6, 6.07) is 19.5. The van der Waals surface area contributed by atoms with E-state index in [4.69, 9.17) is 19.2 Å². The Morgan fingerprint density at radius 2 is 1.89 bits per heavy atom. The second kappa shape index (κ2) is 14.0. The quantitative estimate of drug-likeness (QED) is 0.143. The second-order valence-corrected chi connectivity index (χ2v) is 12.6. The largest absolute Gasteiger partial charge is 0.493 e. The summed E-state index contributed by atoms with van der Waals surface area (Å²) in [5.74, 6) is 1.32. The third-order valence-corrected chi connectivity index (χ3v) is 9.73. The molecule has 4 aromatic rings. The number of hydrogen-bond donors (Lipinski definition) is 1. The van der Waals surface area contributed by atoms with E-state index in [1.165, 1.54) is 30.2 Å². The van der Waals surface area contributed by atoms with Gasteiger partial charge in [-0.2, -0.15) is 5.26 Å². The van der Waals surface area contributed by atoms with E-state index < -0.39 is 5.97 Å². The Morgan fingerprint density at radius 1 is 1.09 bits per heavy atom. The predicted molar refractivity (Wildman–Crippen MR) is 174 cm³/mol. The van der Waals surface area contributed by atoms with Gasteiger partial charge in [-0.15, -0.1) is 23.1 Å². The number of anilines is 1. The van der Waals surface area contributed by atoms with Crippen LogP contribution in [-0.4, -0.2) is 43.9 Å². The highest BCUT2D eigenvalue weighted by atomic mass is 32.2. The highest BCUT2D eigenvalue weighted by molar-refractivity contribution is 7.99. The monoisotopic (exact) mass is 627 g/mol. The molecule has 0 fully saturated rings. The molecule has 0 radical (unpaired) electrons. The van der Waals surface area contributed by atoms with E-state index in [1.807, 2.05) is 48.5 Å². The number of thiophene rings is 1. The molecule has 1 atom stereocenters. The van der Waals surface area contributed by atoms with Crippen LogP contribution in [0.5, 0.6) is 11.5 Å². The molecule has 2 heterocycles. The number of carbonyl (C=O) groups is 2. The Morgan fingerprint density at radius 3 is 2.59 bits per heavy atom. The average Bonchev–Trinajstić information content (AvgIpc) is 3.40. The van der Waals surface area contributed by atoms with Gasteiger partial charge in [-0.05, 0) is 42.9 Å². The molecule has 0 bridgehead atoms. The van der Waals surface area contributed by atoms with Crippen LogP contribution in [0.3, 0.4) is 0 Å². The van der Waals surface area contributed by atoms with Crippen molar-refractivity contribution in [3.63, 3.8) is 0 Å². The first kappa shape index (κ1) is 31.1. The van der Waals surface area contributed by atoms with Crippen molar-refractivity contribution < 1.29 is 23.8 Å². The first-order valence-corrected chi connectivity index (χ1v) is 16.1. The molecule has 44 heavy (non-hydrogen) atoms. The van der Waals surface area contributed by atoms with Crippen LogP contribution in [0.2, 0.25) is 0 Å². The van der Waals surface area contributed by atoms with Gasteiger partial charge in [0.05, 0.1) is 38.2 Å². The number of para-hydroxylation sites is 1. The number of pyridine rings is 1. The molecule has 0 spiro atoms. The van der Waals surface area contributed by atoms with E-state index in [9.17, 15) is 14.9 Å². The summed E-state index contributed by atoms with van der Waals surface area (Å²) in [7, 11) is 4.50. The molecule has 0 saturated carbocycles. The standard InChI is InChI=1S/C34H33N3O5S2/c1-20-13-14-23-28(17-20)44-33(30(23)34(39)42-4)37-29(38)15-16-43-32-25(19-35)24(18-26(36-32)21-9-6-5-7-10-21)22-11-8-12-27(40-2)31(22)41-3/h5-12,18,20H,13-17H2,1-4H3,(H,37,38). The number of nitriles is 1. The number of nitrogens with one attached hydrogen (secondary N) is 1. The number of thioether (sulfide) groups is 1. The number of ether oxygens (including phenoxy) is 3. The van der Waals surface area contributed by atoms with Crippen molar-refractivity contribution in [2.45, 2.75) is 37.6 Å². The van der Waals surface area contributed by atoms with Crippen molar-refractivity contribution >= 4 is 40.0 Å². The molecule has 1 N–H and O–H groups in total. The van der Waals surface area contributed by atoms with Crippen molar-refractivity contribution in [1.82, 2.24) is 4.98 Å². The van der Waals surface area contributed by atoms with Gasteiger partial charge < -0.3 is 19.5 Å². The van der Waals surface area contributed by atoms with E-state index in [2.05, 4.69) is 18.3 Å². The summed E-state index contributed by atoms with van der Waals surface area (Å²) in [4.78, 5) is 31.8. The number of aromatic nitrogens is 1. The fourth-order valence-corrected chi connectivity index (χ4v) is 7.75. The van der Waals surface area contributed by atoms with E-state index >= 15 is 0 Å². The minimum absolute atomic E-state index is 0.157. The van der Waals surface area contributed by atoms with Crippen LogP contribution in [-0.2, 0) is 22.4 Å². The Labute approximate surface area is 265 Å². The first-order valence-electron chi connectivity index (χ1n) is 14.3. The van der Waals surface area contributed by atoms with Crippen molar-refractivity contribution in [2.75, 3.05) is 32.4 Å². The van der Waals surface area contributed by atoms with Gasteiger partial charge in [0, 0.05) is 33.7 Å². The molecule has 0 saturated heterocycles. The molecule has 8 nitrogen and oxygen atoms in total. The SMILES string of the molecule is COC(=O)c1c(NC(=O)CCSc2nc(-c3ccccc3)cc(-c3cccc(OC)c3OC)c2C#N)sc2c1CCC(C)C2. The fraction of sp³-hybridized carbons (Fsp3) is 0.294. The smallest absolute Gasteiger partial charge is 0.341 e. The zero-order valence-electron chi connectivity index (χ0n) is 25.1. The van der Waals surface area contributed by atoms with Crippen molar-refractivity contribution in [1.29, 1.82) is 5.26 Å². The number of methoxy groups -OCH3 is 3. The molecular formula is C34H33N3O5S2. The number of hydrogen-bond acceptors (Lipinski definition) is 9. The molecule has 5 rings (SSSR count). The number of benzene rings is 2. The number of fused-ring (bicyclic) bond motifs is 1. The molecule has 1 aliphatic carbocycles. The average molecular weight is 628 g/mol. The molecule has 1 amide bonds. The predicted octanol–water partition coefficient (Wildman–Crippen LogP) is 7.40. The Bertz CT molecular complexity index is 1730. The van der Waals surface area contributed by atoms with E-state index in [-0.39, 0.29) is 12.3 Å². The normalized spacial score (nSPS) is 13.8. The first-order chi connectivity index (χ1) is 21.4. The summed E-state index contributed by atoms with van der Waals surface area (Å²) in [6.07, 6.45) is 2.84. The Hall–Kier alpha value is -4.33.